The Morgan fingerprint density at radius 3 is 2.55 bits per heavy atom. The molecule has 0 fully saturated rings. The Labute approximate surface area is 114 Å². The second-order valence-corrected chi connectivity index (χ2v) is 4.07. The summed E-state index contributed by atoms with van der Waals surface area (Å²) < 4.78 is 47.4. The van der Waals surface area contributed by atoms with Crippen molar-refractivity contribution in [2.24, 2.45) is 5.73 Å². The Hall–Kier alpha value is -1.76. The summed E-state index contributed by atoms with van der Waals surface area (Å²) in [5, 5.41) is 0. The lowest BCUT2D eigenvalue weighted by atomic mass is 10.0. The zero-order valence-electron chi connectivity index (χ0n) is 11.2. The number of nitrogens with two attached hydrogens (primary N) is 1. The van der Waals surface area contributed by atoms with Gasteiger partial charge < -0.3 is 15.2 Å². The predicted molar refractivity (Wildman–Crippen MR) is 66.2 cm³/mol. The van der Waals surface area contributed by atoms with Gasteiger partial charge in [0.1, 0.15) is 5.75 Å². The average Bonchev–Trinajstić information content (AvgIpc) is 2.37. The van der Waals surface area contributed by atoms with Crippen molar-refractivity contribution in [3.8, 4) is 5.75 Å². The van der Waals surface area contributed by atoms with Crippen molar-refractivity contribution in [3.63, 3.8) is 0 Å². The molecule has 0 saturated carbocycles. The summed E-state index contributed by atoms with van der Waals surface area (Å²) in [4.78, 5) is 11.3. The highest BCUT2D eigenvalue weighted by Crippen LogP contribution is 2.35. The molecule has 112 valence electrons. The van der Waals surface area contributed by atoms with E-state index in [4.69, 9.17) is 15.2 Å². The summed E-state index contributed by atoms with van der Waals surface area (Å²) in [5.74, 6) is -0.515. The van der Waals surface area contributed by atoms with Crippen molar-refractivity contribution < 1.29 is 27.4 Å². The second-order valence-electron chi connectivity index (χ2n) is 4.07. The standard InChI is InChI=1S/C13H16F3NO3/c1-3-20-12(18)7-10(17)9-5-4-8(13(14,15)16)6-11(9)19-2/h4-6,10H,3,7,17H2,1-2H3/t10-/m1/s1. The molecule has 0 spiro atoms. The predicted octanol–water partition coefficient (Wildman–Crippen LogP) is 2.67. The molecule has 0 aromatic heterocycles. The largest absolute Gasteiger partial charge is 0.496 e. The van der Waals surface area contributed by atoms with Gasteiger partial charge in [0, 0.05) is 11.6 Å². The third-order valence-electron chi connectivity index (χ3n) is 2.65. The SMILES string of the molecule is CCOC(=O)C[C@@H](N)c1ccc(C(F)(F)F)cc1OC. The molecule has 1 atom stereocenters. The Morgan fingerprint density at radius 2 is 2.05 bits per heavy atom. The first-order chi connectivity index (χ1) is 9.29. The smallest absolute Gasteiger partial charge is 0.416 e. The number of ether oxygens (including phenoxy) is 2. The van der Waals surface area contributed by atoms with Crippen molar-refractivity contribution in [1.82, 2.24) is 0 Å². The maximum atomic E-state index is 12.6. The zero-order chi connectivity index (χ0) is 15.3. The van der Waals surface area contributed by atoms with Crippen LogP contribution in [0.15, 0.2) is 18.2 Å². The van der Waals surface area contributed by atoms with Crippen molar-refractivity contribution in [2.75, 3.05) is 13.7 Å². The van der Waals surface area contributed by atoms with E-state index in [9.17, 15) is 18.0 Å². The van der Waals surface area contributed by atoms with Gasteiger partial charge in [-0.2, -0.15) is 13.2 Å². The summed E-state index contributed by atoms with van der Waals surface area (Å²) in [7, 11) is 1.25. The number of carbonyl (C=O) groups is 1. The lowest BCUT2D eigenvalue weighted by Crippen LogP contribution is -2.18. The van der Waals surface area contributed by atoms with Crippen LogP contribution in [0.1, 0.15) is 30.5 Å². The van der Waals surface area contributed by atoms with Gasteiger partial charge >= 0.3 is 12.1 Å². The number of hydrogen-bond donors (Lipinski definition) is 1. The number of methoxy groups -OCH3 is 1. The fraction of sp³-hybridized carbons (Fsp3) is 0.462. The molecule has 0 saturated heterocycles. The average molecular weight is 291 g/mol. The molecule has 0 aliphatic rings. The molecule has 1 rings (SSSR count). The van der Waals surface area contributed by atoms with Crippen molar-refractivity contribution >= 4 is 5.97 Å². The molecule has 7 heteroatoms. The Balaban J connectivity index is 2.98. The minimum absolute atomic E-state index is 0.00313. The van der Waals surface area contributed by atoms with Crippen LogP contribution in [-0.4, -0.2) is 19.7 Å². The Bertz CT molecular complexity index is 474. The zero-order valence-corrected chi connectivity index (χ0v) is 11.2. The molecule has 2 N–H and O–H groups in total. The Morgan fingerprint density at radius 1 is 1.40 bits per heavy atom. The van der Waals surface area contributed by atoms with Crippen LogP contribution in [0, 0.1) is 0 Å². The number of carbonyl (C=O) groups excluding carboxylic acids is 1. The van der Waals surface area contributed by atoms with Gasteiger partial charge in [0.15, 0.2) is 0 Å². The highest BCUT2D eigenvalue weighted by atomic mass is 19.4. The number of benzene rings is 1. The maximum absolute atomic E-state index is 12.6. The molecule has 1 aromatic rings. The summed E-state index contributed by atoms with van der Waals surface area (Å²) >= 11 is 0. The van der Waals surface area contributed by atoms with Gasteiger partial charge in [-0.3, -0.25) is 4.79 Å². The van der Waals surface area contributed by atoms with Crippen LogP contribution < -0.4 is 10.5 Å². The van der Waals surface area contributed by atoms with Crippen molar-refractivity contribution in [1.29, 1.82) is 0 Å². The van der Waals surface area contributed by atoms with E-state index < -0.39 is 23.8 Å². The van der Waals surface area contributed by atoms with Gasteiger partial charge in [0.25, 0.3) is 0 Å². The van der Waals surface area contributed by atoms with E-state index in [0.717, 1.165) is 12.1 Å². The molecule has 0 bridgehead atoms. The third kappa shape index (κ3) is 4.12. The summed E-state index contributed by atoms with van der Waals surface area (Å²) in [6.45, 7) is 1.87. The van der Waals surface area contributed by atoms with E-state index in [2.05, 4.69) is 0 Å². The van der Waals surface area contributed by atoms with Gasteiger partial charge in [-0.15, -0.1) is 0 Å². The molecule has 0 heterocycles. The minimum atomic E-state index is -4.46. The number of esters is 1. The molecular formula is C13H16F3NO3. The molecule has 0 amide bonds. The summed E-state index contributed by atoms with van der Waals surface area (Å²) in [6.07, 6.45) is -4.59. The van der Waals surface area contributed by atoms with E-state index in [1.807, 2.05) is 0 Å². The highest BCUT2D eigenvalue weighted by Gasteiger charge is 2.31. The normalized spacial score (nSPS) is 12.9. The molecule has 0 unspecified atom stereocenters. The van der Waals surface area contributed by atoms with E-state index in [0.29, 0.717) is 5.56 Å². The molecule has 4 nitrogen and oxygen atoms in total. The maximum Gasteiger partial charge on any atom is 0.416 e. The number of hydrogen-bond acceptors (Lipinski definition) is 4. The lowest BCUT2D eigenvalue weighted by molar-refractivity contribution is -0.143. The van der Waals surface area contributed by atoms with Crippen LogP contribution in [0.2, 0.25) is 0 Å². The van der Waals surface area contributed by atoms with Crippen LogP contribution in [0.5, 0.6) is 5.75 Å². The third-order valence-corrected chi connectivity index (χ3v) is 2.65. The Kier molecular flexibility index (Phi) is 5.38. The molecule has 0 aliphatic heterocycles. The van der Waals surface area contributed by atoms with E-state index >= 15 is 0 Å². The fourth-order valence-corrected chi connectivity index (χ4v) is 1.70. The van der Waals surface area contributed by atoms with E-state index in [1.54, 1.807) is 6.92 Å². The highest BCUT2D eigenvalue weighted by molar-refractivity contribution is 5.70. The first kappa shape index (κ1) is 16.3. The van der Waals surface area contributed by atoms with Crippen molar-refractivity contribution in [3.05, 3.63) is 29.3 Å². The molecular weight excluding hydrogens is 275 g/mol. The quantitative estimate of drug-likeness (QED) is 0.847. The van der Waals surface area contributed by atoms with E-state index in [1.165, 1.54) is 13.2 Å². The van der Waals surface area contributed by atoms with Crippen LogP contribution in [0.4, 0.5) is 13.2 Å². The van der Waals surface area contributed by atoms with Gasteiger partial charge in [-0.25, -0.2) is 0 Å². The first-order valence-electron chi connectivity index (χ1n) is 5.96. The number of alkyl halides is 3. The van der Waals surface area contributed by atoms with Crippen LogP contribution in [-0.2, 0) is 15.7 Å². The summed E-state index contributed by atoms with van der Waals surface area (Å²) in [5.41, 5.74) is 5.29. The molecule has 0 radical (unpaired) electrons. The minimum Gasteiger partial charge on any atom is -0.496 e. The van der Waals surface area contributed by atoms with Gasteiger partial charge in [0.05, 0.1) is 25.7 Å². The van der Waals surface area contributed by atoms with Crippen LogP contribution in [0.3, 0.4) is 0 Å². The van der Waals surface area contributed by atoms with Gasteiger partial charge in [-0.05, 0) is 19.1 Å². The monoisotopic (exact) mass is 291 g/mol. The molecule has 20 heavy (non-hydrogen) atoms. The van der Waals surface area contributed by atoms with Crippen LogP contribution >= 0.6 is 0 Å². The summed E-state index contributed by atoms with van der Waals surface area (Å²) in [6, 6.07) is 2.20. The fourth-order valence-electron chi connectivity index (χ4n) is 1.70. The number of halogens is 3. The first-order valence-corrected chi connectivity index (χ1v) is 5.96. The second kappa shape index (κ2) is 6.60. The van der Waals surface area contributed by atoms with Crippen molar-refractivity contribution in [2.45, 2.75) is 25.6 Å². The topological polar surface area (TPSA) is 61.5 Å². The number of rotatable bonds is 5. The molecule has 0 aliphatic carbocycles. The van der Waals surface area contributed by atoms with E-state index in [-0.39, 0.29) is 18.8 Å². The molecule has 1 aromatic carbocycles. The van der Waals surface area contributed by atoms with Gasteiger partial charge in [-0.1, -0.05) is 6.07 Å². The van der Waals surface area contributed by atoms with Gasteiger partial charge in [0.2, 0.25) is 0 Å². The van der Waals surface area contributed by atoms with Crippen LogP contribution in [0.25, 0.3) is 0 Å². The lowest BCUT2D eigenvalue weighted by Gasteiger charge is -2.17.